The molecule has 2 aromatic rings. The molecule has 1 aliphatic heterocycles. The van der Waals surface area contributed by atoms with Crippen LogP contribution in [0, 0.1) is 0 Å². The van der Waals surface area contributed by atoms with Crippen LogP contribution in [0.25, 0.3) is 0 Å². The van der Waals surface area contributed by atoms with Crippen molar-refractivity contribution in [3.05, 3.63) is 71.3 Å². The van der Waals surface area contributed by atoms with E-state index in [1.165, 1.54) is 23.9 Å². The third-order valence-electron chi connectivity index (χ3n) is 4.22. The number of alkyl halides is 3. The van der Waals surface area contributed by atoms with Crippen molar-refractivity contribution in [1.29, 1.82) is 0 Å². The van der Waals surface area contributed by atoms with Crippen molar-refractivity contribution in [3.8, 4) is 0 Å². The summed E-state index contributed by atoms with van der Waals surface area (Å²) in [7, 11) is 0. The molecule has 28 heavy (non-hydrogen) atoms. The summed E-state index contributed by atoms with van der Waals surface area (Å²) in [6, 6.07) is 12.1. The average molecular weight is 411 g/mol. The summed E-state index contributed by atoms with van der Waals surface area (Å²) < 4.78 is 43.5. The van der Waals surface area contributed by atoms with Crippen LogP contribution in [0.3, 0.4) is 0 Å². The van der Waals surface area contributed by atoms with Crippen LogP contribution in [0.15, 0.2) is 54.6 Å². The van der Waals surface area contributed by atoms with E-state index in [-0.39, 0.29) is 12.4 Å². The highest BCUT2D eigenvalue weighted by Crippen LogP contribution is 2.42. The second-order valence-electron chi connectivity index (χ2n) is 6.11. The molecule has 2 aromatic carbocycles. The fourth-order valence-electron chi connectivity index (χ4n) is 2.81. The summed E-state index contributed by atoms with van der Waals surface area (Å²) in [5.41, 5.74) is 0.325. The monoisotopic (exact) mass is 411 g/mol. The van der Waals surface area contributed by atoms with E-state index in [0.717, 1.165) is 22.6 Å². The first-order valence-corrected chi connectivity index (χ1v) is 9.33. The lowest BCUT2D eigenvalue weighted by Gasteiger charge is -2.27. The standard InChI is InChI=1S/C19H16F3NO4S/c20-19(21,22)14-8-6-13(7-9-14)16-23(15(11-28-16)17(24)25)18(26)27-10-12-4-2-1-3-5-12/h1-9,15-16H,10-11H2,(H,24,25)/t15-,16?/m0/s1. The summed E-state index contributed by atoms with van der Waals surface area (Å²) in [6.45, 7) is -0.0348. The Bertz CT molecular complexity index is 843. The number of benzene rings is 2. The van der Waals surface area contributed by atoms with E-state index in [2.05, 4.69) is 0 Å². The Kier molecular flexibility index (Phi) is 5.83. The molecular weight excluding hydrogens is 395 g/mol. The van der Waals surface area contributed by atoms with Gasteiger partial charge in [0.15, 0.2) is 0 Å². The first-order valence-electron chi connectivity index (χ1n) is 8.28. The number of amides is 1. The van der Waals surface area contributed by atoms with E-state index in [0.29, 0.717) is 5.56 Å². The molecule has 0 spiro atoms. The van der Waals surface area contributed by atoms with Gasteiger partial charge in [-0.25, -0.2) is 9.59 Å². The number of carbonyl (C=O) groups is 2. The van der Waals surface area contributed by atoms with Crippen LogP contribution in [0.5, 0.6) is 0 Å². The summed E-state index contributed by atoms with van der Waals surface area (Å²) in [5.74, 6) is -1.08. The fourth-order valence-corrected chi connectivity index (χ4v) is 4.22. The van der Waals surface area contributed by atoms with E-state index in [4.69, 9.17) is 4.74 Å². The van der Waals surface area contributed by atoms with Gasteiger partial charge in [-0.05, 0) is 23.3 Å². The maximum absolute atomic E-state index is 12.8. The summed E-state index contributed by atoms with van der Waals surface area (Å²) in [6.07, 6.45) is -5.30. The molecular formula is C19H16F3NO4S. The largest absolute Gasteiger partial charge is 0.480 e. The molecule has 5 nitrogen and oxygen atoms in total. The molecule has 1 heterocycles. The Morgan fingerprint density at radius 2 is 1.75 bits per heavy atom. The molecule has 3 rings (SSSR count). The predicted octanol–water partition coefficient (Wildman–Crippen LogP) is 4.54. The van der Waals surface area contributed by atoms with E-state index in [1.54, 1.807) is 24.3 Å². The molecule has 9 heteroatoms. The van der Waals surface area contributed by atoms with Crippen LogP contribution >= 0.6 is 11.8 Å². The van der Waals surface area contributed by atoms with Gasteiger partial charge in [0.25, 0.3) is 0 Å². The zero-order chi connectivity index (χ0) is 20.3. The van der Waals surface area contributed by atoms with Crippen molar-refractivity contribution in [2.75, 3.05) is 5.75 Å². The second kappa shape index (κ2) is 8.14. The molecule has 1 saturated heterocycles. The van der Waals surface area contributed by atoms with Crippen molar-refractivity contribution in [2.24, 2.45) is 0 Å². The number of halogens is 3. The Balaban J connectivity index is 1.79. The maximum atomic E-state index is 12.8. The number of nitrogens with zero attached hydrogens (tertiary/aromatic N) is 1. The van der Waals surface area contributed by atoms with Crippen LogP contribution in [0.1, 0.15) is 22.1 Å². The molecule has 1 unspecified atom stereocenters. The van der Waals surface area contributed by atoms with Crippen molar-refractivity contribution < 1.29 is 32.6 Å². The quantitative estimate of drug-likeness (QED) is 0.800. The number of rotatable bonds is 4. The van der Waals surface area contributed by atoms with Crippen LogP contribution < -0.4 is 0 Å². The normalized spacial score (nSPS) is 19.5. The number of ether oxygens (including phenoxy) is 1. The van der Waals surface area contributed by atoms with Gasteiger partial charge < -0.3 is 9.84 Å². The lowest BCUT2D eigenvalue weighted by Crippen LogP contribution is -2.43. The van der Waals surface area contributed by atoms with Gasteiger partial charge in [-0.2, -0.15) is 13.2 Å². The van der Waals surface area contributed by atoms with E-state index in [9.17, 15) is 27.9 Å². The van der Waals surface area contributed by atoms with Crippen molar-refractivity contribution in [2.45, 2.75) is 24.2 Å². The second-order valence-corrected chi connectivity index (χ2v) is 7.22. The molecule has 0 bridgehead atoms. The molecule has 0 aromatic heterocycles. The number of hydrogen-bond donors (Lipinski definition) is 1. The number of carboxylic acids is 1. The molecule has 1 aliphatic rings. The van der Waals surface area contributed by atoms with Gasteiger partial charge in [0.2, 0.25) is 0 Å². The molecule has 2 atom stereocenters. The van der Waals surface area contributed by atoms with Crippen LogP contribution in [0.4, 0.5) is 18.0 Å². The Labute approximate surface area is 163 Å². The minimum atomic E-state index is -4.47. The van der Waals surface area contributed by atoms with E-state index < -0.39 is 35.2 Å². The number of carboxylic acid groups (broad SMARTS) is 1. The first-order chi connectivity index (χ1) is 13.3. The smallest absolute Gasteiger partial charge is 0.416 e. The van der Waals surface area contributed by atoms with Crippen molar-refractivity contribution in [3.63, 3.8) is 0 Å². The maximum Gasteiger partial charge on any atom is 0.416 e. The SMILES string of the molecule is O=C(O)[C@@H]1CSC(c2ccc(C(F)(F)F)cc2)N1C(=O)OCc1ccccc1. The van der Waals surface area contributed by atoms with E-state index >= 15 is 0 Å². The van der Waals surface area contributed by atoms with Crippen LogP contribution in [-0.4, -0.2) is 33.9 Å². The Morgan fingerprint density at radius 3 is 2.32 bits per heavy atom. The Hall–Kier alpha value is -2.68. The van der Waals surface area contributed by atoms with Gasteiger partial charge in [0.05, 0.1) is 5.56 Å². The van der Waals surface area contributed by atoms with E-state index in [1.807, 2.05) is 6.07 Å². The number of hydrogen-bond acceptors (Lipinski definition) is 4. The van der Waals surface area contributed by atoms with Gasteiger partial charge in [0, 0.05) is 5.75 Å². The van der Waals surface area contributed by atoms with Crippen molar-refractivity contribution >= 4 is 23.8 Å². The number of aliphatic carboxylic acids is 1. The van der Waals surface area contributed by atoms with Crippen LogP contribution in [-0.2, 0) is 22.3 Å². The third-order valence-corrected chi connectivity index (χ3v) is 5.55. The molecule has 1 amide bonds. The minimum Gasteiger partial charge on any atom is -0.480 e. The summed E-state index contributed by atoms with van der Waals surface area (Å²) in [5, 5.41) is 8.68. The topological polar surface area (TPSA) is 66.8 Å². The van der Waals surface area contributed by atoms with Gasteiger partial charge >= 0.3 is 18.2 Å². The molecule has 0 aliphatic carbocycles. The van der Waals surface area contributed by atoms with Gasteiger partial charge in [-0.1, -0.05) is 42.5 Å². The highest BCUT2D eigenvalue weighted by Gasteiger charge is 2.43. The molecule has 0 saturated carbocycles. The highest BCUT2D eigenvalue weighted by molar-refractivity contribution is 7.99. The lowest BCUT2D eigenvalue weighted by atomic mass is 10.1. The fraction of sp³-hybridized carbons (Fsp3) is 0.263. The number of carbonyl (C=O) groups excluding carboxylic acids is 1. The summed E-state index contributed by atoms with van der Waals surface area (Å²) in [4.78, 5) is 25.2. The van der Waals surface area contributed by atoms with Gasteiger partial charge in [0.1, 0.15) is 18.0 Å². The molecule has 0 radical (unpaired) electrons. The first kappa shape index (κ1) is 20.1. The third kappa shape index (κ3) is 4.41. The van der Waals surface area contributed by atoms with Gasteiger partial charge in [-0.3, -0.25) is 4.90 Å². The molecule has 1 N–H and O–H groups in total. The van der Waals surface area contributed by atoms with Gasteiger partial charge in [-0.15, -0.1) is 11.8 Å². The minimum absolute atomic E-state index is 0.0348. The number of thioether (sulfide) groups is 1. The highest BCUT2D eigenvalue weighted by atomic mass is 32.2. The van der Waals surface area contributed by atoms with Crippen molar-refractivity contribution in [1.82, 2.24) is 4.90 Å². The zero-order valence-electron chi connectivity index (χ0n) is 14.4. The van der Waals surface area contributed by atoms with Crippen LogP contribution in [0.2, 0.25) is 0 Å². The Morgan fingerprint density at radius 1 is 1.11 bits per heavy atom. The summed E-state index contributed by atoms with van der Waals surface area (Å²) >= 11 is 1.17. The zero-order valence-corrected chi connectivity index (χ0v) is 15.2. The molecule has 1 fully saturated rings. The lowest BCUT2D eigenvalue weighted by molar-refractivity contribution is -0.141. The average Bonchev–Trinajstić information content (AvgIpc) is 3.12. The predicted molar refractivity (Wildman–Crippen MR) is 96.5 cm³/mol. The molecule has 148 valence electrons.